The Labute approximate surface area is 235 Å². The number of allylic oxidation sites excluding steroid dienone is 3. The largest absolute Gasteiger partial charge is 1.00 e. The van der Waals surface area contributed by atoms with Crippen molar-refractivity contribution in [1.82, 2.24) is 0 Å². The Morgan fingerprint density at radius 2 is 2.03 bits per heavy atom. The molecule has 1 aromatic carbocycles. The maximum absolute atomic E-state index is 13.6. The fraction of sp³-hybridized carbons (Fsp3) is 0.630. The minimum absolute atomic E-state index is 0. The summed E-state index contributed by atoms with van der Waals surface area (Å²) in [5, 5.41) is 46.7. The summed E-state index contributed by atoms with van der Waals surface area (Å²) in [6, 6.07) is 5.38. The van der Waals surface area contributed by atoms with Crippen molar-refractivity contribution in [3.8, 4) is 11.5 Å². The number of aliphatic hydroxyl groups excluding tert-OH is 1. The minimum Gasteiger partial charge on any atom is -0.845 e. The van der Waals surface area contributed by atoms with Crippen LogP contribution in [0.15, 0.2) is 42.0 Å². The Balaban J connectivity index is 0.00000361. The van der Waals surface area contributed by atoms with Gasteiger partial charge in [0.05, 0.1) is 12.2 Å². The molecule has 0 saturated carbocycles. The molecule has 8 nitrogen and oxygen atoms in total. The van der Waals surface area contributed by atoms with Crippen molar-refractivity contribution < 1.29 is 68.9 Å². The van der Waals surface area contributed by atoms with E-state index in [9.17, 15) is 20.4 Å². The molecule has 1 aliphatic carbocycles. The smallest absolute Gasteiger partial charge is 0.845 e. The van der Waals surface area contributed by atoms with Gasteiger partial charge in [0.2, 0.25) is 0 Å². The first-order valence-electron chi connectivity index (χ1n) is 12.4. The summed E-state index contributed by atoms with van der Waals surface area (Å²) >= 11 is 0. The van der Waals surface area contributed by atoms with Crippen molar-refractivity contribution in [2.45, 2.75) is 88.4 Å². The van der Waals surface area contributed by atoms with Crippen molar-refractivity contribution in [3.05, 3.63) is 47.6 Å². The third kappa shape index (κ3) is 5.58. The molecule has 194 valence electrons. The van der Waals surface area contributed by atoms with Crippen molar-refractivity contribution in [2.24, 2.45) is 5.92 Å². The molecule has 2 aliphatic heterocycles. The van der Waals surface area contributed by atoms with Gasteiger partial charge < -0.3 is 39.4 Å². The fourth-order valence-electron chi connectivity index (χ4n) is 5.24. The third-order valence-corrected chi connectivity index (χ3v) is 7.49. The number of methoxy groups -OCH3 is 1. The fourth-order valence-corrected chi connectivity index (χ4v) is 5.24. The molecule has 4 rings (SSSR count). The van der Waals surface area contributed by atoms with Crippen LogP contribution in [-0.4, -0.2) is 65.0 Å². The number of fused-ring (bicyclic) bond motifs is 3. The van der Waals surface area contributed by atoms with E-state index in [0.717, 1.165) is 24.0 Å². The normalized spacial score (nSPS) is 34.8. The summed E-state index contributed by atoms with van der Waals surface area (Å²) in [5.74, 6) is -0.759. The molecule has 0 bridgehead atoms. The van der Waals surface area contributed by atoms with E-state index < -0.39 is 36.0 Å². The second-order valence-electron chi connectivity index (χ2n) is 10.1. The zero-order valence-corrected chi connectivity index (χ0v) is 23.8. The standard InChI is InChI=1S/C27H37O8.Na/c1-5-6-7-13-27(31)22(28)24(26(3,30)32-4)35-25(23(27)29)34-20-10-8-9-19-21(20)18-14-16(2)11-12-17(18)15-33-19;/h8-12,14,17-18,22-25,28,30-31H,5-7,13,15H2,1-4H3;/q-1;+1/t17-,18+,22+,23-,24-,25+,26?,27-;/m0./s1. The van der Waals surface area contributed by atoms with Crippen LogP contribution in [0, 0.1) is 5.92 Å². The molecule has 0 radical (unpaired) electrons. The molecule has 1 aromatic rings. The summed E-state index contributed by atoms with van der Waals surface area (Å²) < 4.78 is 23.1. The molecule has 36 heavy (non-hydrogen) atoms. The Bertz CT molecular complexity index is 963. The molecule has 3 aliphatic rings. The zero-order valence-electron chi connectivity index (χ0n) is 21.8. The van der Waals surface area contributed by atoms with E-state index in [1.54, 1.807) is 12.1 Å². The number of hydrogen-bond acceptors (Lipinski definition) is 8. The molecule has 2 heterocycles. The maximum Gasteiger partial charge on any atom is 1.00 e. The van der Waals surface area contributed by atoms with Crippen molar-refractivity contribution >= 4 is 0 Å². The average molecular weight is 513 g/mol. The molecule has 0 amide bonds. The van der Waals surface area contributed by atoms with Crippen LogP contribution < -0.4 is 44.1 Å². The van der Waals surface area contributed by atoms with Crippen LogP contribution in [0.1, 0.15) is 57.9 Å². The molecule has 1 unspecified atom stereocenters. The molecular weight excluding hydrogens is 475 g/mol. The van der Waals surface area contributed by atoms with Gasteiger partial charge in [-0.25, -0.2) is 0 Å². The Morgan fingerprint density at radius 1 is 1.28 bits per heavy atom. The van der Waals surface area contributed by atoms with Gasteiger partial charge in [0.25, 0.3) is 0 Å². The monoisotopic (exact) mass is 512 g/mol. The van der Waals surface area contributed by atoms with Gasteiger partial charge in [-0.05, 0) is 38.5 Å². The van der Waals surface area contributed by atoms with E-state index in [2.05, 4.69) is 18.2 Å². The number of hydrogen-bond donors (Lipinski definition) is 3. The summed E-state index contributed by atoms with van der Waals surface area (Å²) in [6.07, 6.45) is 2.20. The first kappa shape index (κ1) is 29.6. The third-order valence-electron chi connectivity index (χ3n) is 7.49. The van der Waals surface area contributed by atoms with Crippen LogP contribution in [0.5, 0.6) is 11.5 Å². The number of aliphatic hydroxyl groups is 3. The molecular formula is C27H37NaO8. The number of rotatable bonds is 8. The molecule has 8 atom stereocenters. The number of unbranched alkanes of at least 4 members (excludes halogenated alkanes) is 2. The molecule has 9 heteroatoms. The van der Waals surface area contributed by atoms with E-state index in [1.807, 2.05) is 19.9 Å². The maximum atomic E-state index is 13.6. The SMILES string of the molecule is CCCCC[C@]1(O)[C@H](O)[C@@H](C(C)(O)OC)O[C@@H](Oc2cccc3c2[C@@H]2C=C(C)C=C[C@H]2CO3)[C@@H]1[O-].[Na+]. The average Bonchev–Trinajstić information content (AvgIpc) is 2.84. The van der Waals surface area contributed by atoms with Crippen LogP contribution in [0.3, 0.4) is 0 Å². The predicted molar refractivity (Wildman–Crippen MR) is 127 cm³/mol. The molecule has 3 N–H and O–H groups in total. The molecule has 1 saturated heterocycles. The quantitative estimate of drug-likeness (QED) is 0.234. The Morgan fingerprint density at radius 3 is 2.72 bits per heavy atom. The minimum atomic E-state index is -2.08. The van der Waals surface area contributed by atoms with Gasteiger partial charge in [-0.2, -0.15) is 0 Å². The first-order chi connectivity index (χ1) is 16.6. The molecule has 1 fully saturated rings. The van der Waals surface area contributed by atoms with Crippen LogP contribution >= 0.6 is 0 Å². The van der Waals surface area contributed by atoms with E-state index in [4.69, 9.17) is 18.9 Å². The second kappa shape index (κ2) is 11.8. The van der Waals surface area contributed by atoms with Crippen molar-refractivity contribution in [3.63, 3.8) is 0 Å². The van der Waals surface area contributed by atoms with E-state index in [-0.39, 0.29) is 47.8 Å². The predicted octanol–water partition coefficient (Wildman–Crippen LogP) is -0.841. The summed E-state index contributed by atoms with van der Waals surface area (Å²) in [6.45, 7) is 5.89. The topological polar surface area (TPSA) is 121 Å². The first-order valence-corrected chi connectivity index (χ1v) is 12.4. The van der Waals surface area contributed by atoms with E-state index in [0.29, 0.717) is 24.5 Å². The Hall–Kier alpha value is -0.940. The van der Waals surface area contributed by atoms with Crippen LogP contribution in [-0.2, 0) is 9.47 Å². The van der Waals surface area contributed by atoms with Crippen LogP contribution in [0.4, 0.5) is 0 Å². The van der Waals surface area contributed by atoms with Gasteiger partial charge in [0.15, 0.2) is 12.1 Å². The summed E-state index contributed by atoms with van der Waals surface area (Å²) in [5.41, 5.74) is -0.156. The van der Waals surface area contributed by atoms with E-state index >= 15 is 0 Å². The number of benzene rings is 1. The number of ether oxygens (including phenoxy) is 4. The Kier molecular flexibility index (Phi) is 9.74. The summed E-state index contributed by atoms with van der Waals surface area (Å²) in [7, 11) is 1.27. The molecule has 0 aromatic heterocycles. The van der Waals surface area contributed by atoms with Crippen LogP contribution in [0.25, 0.3) is 0 Å². The van der Waals surface area contributed by atoms with Gasteiger partial charge in [0.1, 0.15) is 23.7 Å². The van der Waals surface area contributed by atoms with Gasteiger partial charge in [-0.3, -0.25) is 0 Å². The van der Waals surface area contributed by atoms with Crippen LogP contribution in [0.2, 0.25) is 0 Å². The summed E-state index contributed by atoms with van der Waals surface area (Å²) in [4.78, 5) is 0. The van der Waals surface area contributed by atoms with Gasteiger partial charge in [0, 0.05) is 24.5 Å². The van der Waals surface area contributed by atoms with Gasteiger partial charge in [-0.1, -0.05) is 56.1 Å². The van der Waals surface area contributed by atoms with Gasteiger partial charge >= 0.3 is 29.6 Å². The van der Waals surface area contributed by atoms with Crippen molar-refractivity contribution in [2.75, 3.05) is 13.7 Å². The second-order valence-corrected chi connectivity index (χ2v) is 10.1. The van der Waals surface area contributed by atoms with E-state index in [1.165, 1.54) is 14.0 Å². The zero-order chi connectivity index (χ0) is 25.4. The van der Waals surface area contributed by atoms with Crippen molar-refractivity contribution in [1.29, 1.82) is 0 Å². The van der Waals surface area contributed by atoms with Gasteiger partial charge in [-0.15, -0.1) is 0 Å². The molecule has 0 spiro atoms.